The Bertz CT molecular complexity index is 790. The molecular weight excluding hydrogens is 429 g/mol. The summed E-state index contributed by atoms with van der Waals surface area (Å²) in [5.41, 5.74) is 2.45. The highest BCUT2D eigenvalue weighted by Crippen LogP contribution is 2.25. The summed E-state index contributed by atoms with van der Waals surface area (Å²) in [6, 6.07) is 19.2. The summed E-state index contributed by atoms with van der Waals surface area (Å²) in [6.45, 7) is 17.0. The maximum atomic E-state index is 6.73. The Balaban J connectivity index is 2.12. The average Bonchev–Trinajstić information content (AvgIpc) is 2.59. The van der Waals surface area contributed by atoms with E-state index in [0.717, 1.165) is 0 Å². The molecule has 2 rings (SSSR count). The van der Waals surface area contributed by atoms with Gasteiger partial charge in [-0.3, -0.25) is 0 Å². The fourth-order valence-corrected chi connectivity index (χ4v) is 20.9. The second kappa shape index (κ2) is 9.11. The van der Waals surface area contributed by atoms with Crippen molar-refractivity contribution in [1.82, 2.24) is 0 Å². The summed E-state index contributed by atoms with van der Waals surface area (Å²) in [6.07, 6.45) is 0. The van der Waals surface area contributed by atoms with Gasteiger partial charge in [-0.2, -0.15) is 0 Å². The lowest BCUT2D eigenvalue weighted by Gasteiger charge is -2.40. The largest absolute Gasteiger partial charge is 0.433 e. The molecule has 8 heteroatoms. The molecule has 2 aromatic carbocycles. The molecule has 0 unspecified atom stereocenters. The Kier molecular flexibility index (Phi) is 7.67. The van der Waals surface area contributed by atoms with Gasteiger partial charge in [0.05, 0.1) is 0 Å². The highest BCUT2D eigenvalue weighted by atomic mass is 28.5. The van der Waals surface area contributed by atoms with Crippen LogP contribution in [0.25, 0.3) is 11.1 Å². The molecule has 0 atom stereocenters. The topological polar surface area (TPSA) is 36.9 Å². The fraction of sp³-hybridized carbons (Fsp3) is 0.429. The van der Waals surface area contributed by atoms with Crippen molar-refractivity contribution in [3.8, 4) is 11.1 Å². The van der Waals surface area contributed by atoms with E-state index in [-0.39, 0.29) is 0 Å². The normalized spacial score (nSPS) is 13.6. The lowest BCUT2D eigenvalue weighted by Crippen LogP contribution is -2.59. The highest BCUT2D eigenvalue weighted by molar-refractivity contribution is 6.93. The molecule has 0 bridgehead atoms. The Morgan fingerprint density at radius 3 is 1.48 bits per heavy atom. The molecule has 0 N–H and O–H groups in total. The number of rotatable bonds is 9. The Hall–Kier alpha value is -0.852. The van der Waals surface area contributed by atoms with E-state index < -0.39 is 34.0 Å². The third-order valence-corrected chi connectivity index (χ3v) is 19.2. The van der Waals surface area contributed by atoms with Gasteiger partial charge < -0.3 is 16.8 Å². The van der Waals surface area contributed by atoms with E-state index in [4.69, 9.17) is 16.8 Å². The van der Waals surface area contributed by atoms with E-state index in [1.54, 1.807) is 7.11 Å². The van der Waals surface area contributed by atoms with Crippen molar-refractivity contribution in [1.29, 1.82) is 0 Å². The summed E-state index contributed by atoms with van der Waals surface area (Å²) in [7, 11) is -7.30. The zero-order valence-electron chi connectivity index (χ0n) is 19.3. The van der Waals surface area contributed by atoms with Crippen LogP contribution in [0.2, 0.25) is 52.4 Å². The van der Waals surface area contributed by atoms with Gasteiger partial charge in [-0.1, -0.05) is 54.6 Å². The van der Waals surface area contributed by atoms with Crippen molar-refractivity contribution in [2.75, 3.05) is 7.11 Å². The van der Waals surface area contributed by atoms with Gasteiger partial charge in [-0.15, -0.1) is 0 Å². The summed E-state index contributed by atoms with van der Waals surface area (Å²) >= 11 is 0. The number of hydrogen-bond acceptors (Lipinski definition) is 4. The molecule has 0 saturated carbocycles. The molecule has 0 spiro atoms. The molecule has 0 aliphatic heterocycles. The summed E-state index contributed by atoms with van der Waals surface area (Å²) in [5.74, 6) is 0. The van der Waals surface area contributed by atoms with Crippen LogP contribution in [0.1, 0.15) is 0 Å². The summed E-state index contributed by atoms with van der Waals surface area (Å²) in [4.78, 5) is 0. The predicted octanol–water partition coefficient (Wildman–Crippen LogP) is 5.57. The molecule has 0 heterocycles. The fourth-order valence-electron chi connectivity index (χ4n) is 3.64. The van der Waals surface area contributed by atoms with Gasteiger partial charge in [-0.05, 0) is 68.7 Å². The number of hydrogen-bond donors (Lipinski definition) is 0. The molecule has 4 nitrogen and oxygen atoms in total. The van der Waals surface area contributed by atoms with Crippen LogP contribution in [0.4, 0.5) is 0 Å². The van der Waals surface area contributed by atoms with Crippen molar-refractivity contribution in [2.24, 2.45) is 0 Å². The first-order chi connectivity index (χ1) is 13.3. The van der Waals surface area contributed by atoms with E-state index >= 15 is 0 Å². The minimum absolute atomic E-state index is 1.22. The van der Waals surface area contributed by atoms with Crippen molar-refractivity contribution in [2.45, 2.75) is 52.4 Å². The highest BCUT2D eigenvalue weighted by Gasteiger charge is 2.44. The first kappa shape index (κ1) is 24.4. The molecule has 0 amide bonds. The van der Waals surface area contributed by atoms with Crippen molar-refractivity contribution in [3.63, 3.8) is 0 Å². The van der Waals surface area contributed by atoms with Crippen LogP contribution in [0.5, 0.6) is 0 Å². The van der Waals surface area contributed by atoms with E-state index in [9.17, 15) is 0 Å². The maximum Gasteiger partial charge on any atom is 0.322 e. The average molecular weight is 465 g/mol. The number of benzene rings is 2. The van der Waals surface area contributed by atoms with Gasteiger partial charge in [0.15, 0.2) is 0 Å². The summed E-state index contributed by atoms with van der Waals surface area (Å²) in [5, 5.41) is 1.27. The van der Waals surface area contributed by atoms with Crippen LogP contribution in [-0.4, -0.2) is 41.1 Å². The van der Waals surface area contributed by atoms with Crippen LogP contribution >= 0.6 is 0 Å². The molecule has 0 aliphatic rings. The quantitative estimate of drug-likeness (QED) is 0.455. The van der Waals surface area contributed by atoms with E-state index in [1.165, 1.54) is 16.3 Å². The standard InChI is InChI=1S/C21H36O4Si4/c1-22-27(4,5)24-29(8,9)25-28(6,7)23-26(2,3)21-17-15-20(16-18-21)19-13-11-10-12-14-19/h10-18H,1-9H3. The second-order valence-electron chi connectivity index (χ2n) is 9.16. The molecule has 0 aliphatic carbocycles. The van der Waals surface area contributed by atoms with Gasteiger partial charge in [0.25, 0.3) is 0 Å². The van der Waals surface area contributed by atoms with Crippen molar-refractivity contribution < 1.29 is 16.8 Å². The van der Waals surface area contributed by atoms with Gasteiger partial charge in [0.2, 0.25) is 8.32 Å². The predicted molar refractivity (Wildman–Crippen MR) is 132 cm³/mol. The van der Waals surface area contributed by atoms with Gasteiger partial charge in [-0.25, -0.2) is 0 Å². The Morgan fingerprint density at radius 1 is 0.517 bits per heavy atom. The van der Waals surface area contributed by atoms with Gasteiger partial charge >= 0.3 is 25.7 Å². The zero-order valence-corrected chi connectivity index (χ0v) is 23.3. The van der Waals surface area contributed by atoms with Crippen molar-refractivity contribution >= 4 is 39.2 Å². The van der Waals surface area contributed by atoms with Crippen LogP contribution in [0.15, 0.2) is 54.6 Å². The SMILES string of the molecule is CO[Si](C)(C)O[Si](C)(C)O[Si](C)(C)O[Si](C)(C)c1ccc(-c2ccccc2)cc1. The van der Waals surface area contributed by atoms with Crippen LogP contribution in [-0.2, 0) is 16.8 Å². The minimum atomic E-state index is -2.38. The van der Waals surface area contributed by atoms with E-state index in [2.05, 4.69) is 87.8 Å². The Labute approximate surface area is 181 Å². The molecule has 29 heavy (non-hydrogen) atoms. The minimum Gasteiger partial charge on any atom is -0.433 e. The molecule has 0 saturated heterocycles. The van der Waals surface area contributed by atoms with Gasteiger partial charge in [0, 0.05) is 7.11 Å². The van der Waals surface area contributed by atoms with E-state index in [0.29, 0.717) is 0 Å². The molecular formula is C21H36O4Si4. The van der Waals surface area contributed by atoms with Crippen LogP contribution < -0.4 is 5.19 Å². The Morgan fingerprint density at radius 2 is 0.966 bits per heavy atom. The van der Waals surface area contributed by atoms with Crippen LogP contribution in [0.3, 0.4) is 0 Å². The lowest BCUT2D eigenvalue weighted by atomic mass is 10.1. The van der Waals surface area contributed by atoms with E-state index in [1.807, 2.05) is 19.2 Å². The zero-order chi connectivity index (χ0) is 21.9. The molecule has 0 radical (unpaired) electrons. The lowest BCUT2D eigenvalue weighted by molar-refractivity contribution is 0.266. The first-order valence-electron chi connectivity index (χ1n) is 10.1. The summed E-state index contributed by atoms with van der Waals surface area (Å²) < 4.78 is 25.1. The first-order valence-corrected chi connectivity index (χ1v) is 21.4. The third-order valence-electron chi connectivity index (χ3n) is 4.66. The van der Waals surface area contributed by atoms with Crippen molar-refractivity contribution in [3.05, 3.63) is 54.6 Å². The molecule has 0 aromatic heterocycles. The van der Waals surface area contributed by atoms with Gasteiger partial charge in [0.1, 0.15) is 0 Å². The smallest absolute Gasteiger partial charge is 0.322 e. The molecule has 2 aromatic rings. The third kappa shape index (κ3) is 7.41. The van der Waals surface area contributed by atoms with Crippen LogP contribution in [0, 0.1) is 0 Å². The monoisotopic (exact) mass is 464 g/mol. The second-order valence-corrected chi connectivity index (χ2v) is 24.0. The maximum absolute atomic E-state index is 6.73. The molecule has 0 fully saturated rings. The molecule has 160 valence electrons.